The van der Waals surface area contributed by atoms with Crippen LogP contribution in [0.25, 0.3) is 0 Å². The Balaban J connectivity index is 1.63. The Kier molecular flexibility index (Phi) is 4.72. The molecule has 1 aliphatic heterocycles. The second kappa shape index (κ2) is 6.57. The van der Waals surface area contributed by atoms with Gasteiger partial charge in [0.15, 0.2) is 0 Å². The fourth-order valence-corrected chi connectivity index (χ4v) is 4.44. The first-order chi connectivity index (χ1) is 10.5. The molecule has 0 radical (unpaired) electrons. The van der Waals surface area contributed by atoms with E-state index in [4.69, 9.17) is 4.74 Å². The van der Waals surface area contributed by atoms with Gasteiger partial charge in [-0.1, -0.05) is 32.1 Å². The summed E-state index contributed by atoms with van der Waals surface area (Å²) in [7, 11) is 0. The quantitative estimate of drug-likeness (QED) is 0.810. The molecule has 1 fully saturated rings. The first kappa shape index (κ1) is 15.8. The summed E-state index contributed by atoms with van der Waals surface area (Å²) in [5.41, 5.74) is 1.52. The average molecular weight is 304 g/mol. The van der Waals surface area contributed by atoms with E-state index in [1.165, 1.54) is 18.4 Å². The summed E-state index contributed by atoms with van der Waals surface area (Å²) >= 11 is 0. The zero-order valence-corrected chi connectivity index (χ0v) is 13.7. The van der Waals surface area contributed by atoms with Crippen molar-refractivity contribution in [3.63, 3.8) is 0 Å². The van der Waals surface area contributed by atoms with Crippen molar-refractivity contribution in [2.45, 2.75) is 64.6 Å². The Morgan fingerprint density at radius 1 is 1.27 bits per heavy atom. The van der Waals surface area contributed by atoms with Crippen LogP contribution in [0.2, 0.25) is 0 Å². The minimum Gasteiger partial charge on any atom is -0.462 e. The van der Waals surface area contributed by atoms with E-state index >= 15 is 0 Å². The van der Waals surface area contributed by atoms with Gasteiger partial charge in [-0.3, -0.25) is 4.79 Å². The van der Waals surface area contributed by atoms with Crippen LogP contribution < -0.4 is 0 Å². The normalized spacial score (nSPS) is 41.6. The van der Waals surface area contributed by atoms with Crippen molar-refractivity contribution in [2.75, 3.05) is 0 Å². The van der Waals surface area contributed by atoms with Gasteiger partial charge in [0.25, 0.3) is 0 Å². The number of aliphatic hydroxyl groups is 1. The number of carbonyl (C=O) groups excluding carboxylic acids is 1. The molecular formula is C19H28O3. The van der Waals surface area contributed by atoms with Crippen molar-refractivity contribution < 1.29 is 14.6 Å². The zero-order chi connectivity index (χ0) is 15.7. The van der Waals surface area contributed by atoms with Gasteiger partial charge in [0.1, 0.15) is 6.10 Å². The maximum absolute atomic E-state index is 11.5. The zero-order valence-electron chi connectivity index (χ0n) is 13.7. The monoisotopic (exact) mass is 304 g/mol. The molecule has 6 atom stereocenters. The molecule has 0 amide bonds. The van der Waals surface area contributed by atoms with Crippen molar-refractivity contribution in [3.8, 4) is 0 Å². The lowest BCUT2D eigenvalue weighted by Gasteiger charge is -2.39. The molecule has 2 aliphatic carbocycles. The number of rotatable bonds is 3. The Morgan fingerprint density at radius 3 is 2.86 bits per heavy atom. The summed E-state index contributed by atoms with van der Waals surface area (Å²) in [5, 5.41) is 9.73. The van der Waals surface area contributed by atoms with Crippen LogP contribution in [-0.2, 0) is 9.53 Å². The maximum atomic E-state index is 11.5. The third kappa shape index (κ3) is 3.45. The lowest BCUT2D eigenvalue weighted by molar-refractivity contribution is -0.160. The Bertz CT molecular complexity index is 479. The predicted molar refractivity (Wildman–Crippen MR) is 86.1 cm³/mol. The third-order valence-corrected chi connectivity index (χ3v) is 5.68. The highest BCUT2D eigenvalue weighted by Gasteiger charge is 2.34. The molecule has 0 aromatic carbocycles. The van der Waals surface area contributed by atoms with Gasteiger partial charge in [-0.25, -0.2) is 0 Å². The van der Waals surface area contributed by atoms with Crippen LogP contribution in [0.5, 0.6) is 0 Å². The molecule has 0 saturated carbocycles. The van der Waals surface area contributed by atoms with Crippen molar-refractivity contribution in [1.29, 1.82) is 0 Å². The molecule has 3 aliphatic rings. The average Bonchev–Trinajstić information content (AvgIpc) is 2.45. The van der Waals surface area contributed by atoms with Gasteiger partial charge in [0.2, 0.25) is 0 Å². The second-order valence-electron chi connectivity index (χ2n) is 7.49. The van der Waals surface area contributed by atoms with E-state index < -0.39 is 6.10 Å². The molecule has 3 nitrogen and oxygen atoms in total. The number of hydrogen-bond acceptors (Lipinski definition) is 3. The van der Waals surface area contributed by atoms with Gasteiger partial charge in [0, 0.05) is 6.42 Å². The minimum atomic E-state index is -0.513. The number of ether oxygens (including phenoxy) is 1. The number of allylic oxidation sites excluding steroid dienone is 4. The molecule has 22 heavy (non-hydrogen) atoms. The molecule has 0 bridgehead atoms. The third-order valence-electron chi connectivity index (χ3n) is 5.68. The second-order valence-corrected chi connectivity index (χ2v) is 7.49. The van der Waals surface area contributed by atoms with Gasteiger partial charge >= 0.3 is 5.97 Å². The topological polar surface area (TPSA) is 46.5 Å². The maximum Gasteiger partial charge on any atom is 0.308 e. The molecular weight excluding hydrogens is 276 g/mol. The summed E-state index contributed by atoms with van der Waals surface area (Å²) in [6.07, 6.45) is 11.8. The fourth-order valence-electron chi connectivity index (χ4n) is 4.44. The smallest absolute Gasteiger partial charge is 0.308 e. The van der Waals surface area contributed by atoms with Crippen LogP contribution in [0.4, 0.5) is 0 Å². The largest absolute Gasteiger partial charge is 0.462 e. The first-order valence-electron chi connectivity index (χ1n) is 8.80. The number of aliphatic hydroxyl groups excluding tert-OH is 1. The highest BCUT2D eigenvalue weighted by molar-refractivity contribution is 5.70. The van der Waals surface area contributed by atoms with Crippen molar-refractivity contribution in [3.05, 3.63) is 23.8 Å². The lowest BCUT2D eigenvalue weighted by atomic mass is 9.66. The molecule has 0 aromatic heterocycles. The minimum absolute atomic E-state index is 0.0932. The van der Waals surface area contributed by atoms with E-state index in [-0.39, 0.29) is 18.5 Å². The molecule has 0 aromatic rings. The molecule has 1 saturated heterocycles. The van der Waals surface area contributed by atoms with Crippen LogP contribution in [0.1, 0.15) is 52.4 Å². The molecule has 3 rings (SSSR count). The standard InChI is InChI=1S/C19H28O3/c1-12-3-7-18-14(9-12)5-4-13(2)17(18)8-6-16-10-15(20)11-19(21)22-16/h4-5,9,12-13,15-18,20H,3,6-8,10-11H2,1-2H3/t12?,13?,15-,16-,17?,18?/m1/s1. The van der Waals surface area contributed by atoms with E-state index in [0.29, 0.717) is 30.1 Å². The van der Waals surface area contributed by atoms with E-state index in [9.17, 15) is 9.90 Å². The molecule has 0 spiro atoms. The lowest BCUT2D eigenvalue weighted by Crippen LogP contribution is -2.34. The van der Waals surface area contributed by atoms with Gasteiger partial charge in [0.05, 0.1) is 12.5 Å². The number of carbonyl (C=O) groups is 1. The van der Waals surface area contributed by atoms with Crippen LogP contribution in [-0.4, -0.2) is 23.3 Å². The van der Waals surface area contributed by atoms with Crippen molar-refractivity contribution in [2.24, 2.45) is 23.7 Å². The van der Waals surface area contributed by atoms with Crippen molar-refractivity contribution in [1.82, 2.24) is 0 Å². The van der Waals surface area contributed by atoms with E-state index in [0.717, 1.165) is 12.8 Å². The van der Waals surface area contributed by atoms with Crippen molar-refractivity contribution >= 4 is 5.97 Å². The number of esters is 1. The number of fused-ring (bicyclic) bond motifs is 1. The van der Waals surface area contributed by atoms with Gasteiger partial charge in [-0.15, -0.1) is 0 Å². The first-order valence-corrected chi connectivity index (χ1v) is 8.80. The van der Waals surface area contributed by atoms with E-state index in [1.807, 2.05) is 0 Å². The number of hydrogen-bond donors (Lipinski definition) is 1. The summed E-state index contributed by atoms with van der Waals surface area (Å²) < 4.78 is 5.40. The Labute approximate surface area is 133 Å². The molecule has 122 valence electrons. The predicted octanol–water partition coefficient (Wildman–Crippen LogP) is 3.63. The van der Waals surface area contributed by atoms with Gasteiger partial charge < -0.3 is 9.84 Å². The van der Waals surface area contributed by atoms with E-state index in [1.54, 1.807) is 0 Å². The highest BCUT2D eigenvalue weighted by atomic mass is 16.5. The summed E-state index contributed by atoms with van der Waals surface area (Å²) in [6, 6.07) is 0. The highest BCUT2D eigenvalue weighted by Crippen LogP contribution is 2.43. The van der Waals surface area contributed by atoms with Gasteiger partial charge in [-0.2, -0.15) is 0 Å². The SMILES string of the molecule is CC1C=C2C=CC(C)C(CC[C@@H]3C[C@@H](O)CC(=O)O3)C2CC1. The summed E-state index contributed by atoms with van der Waals surface area (Å²) in [6.45, 7) is 4.60. The summed E-state index contributed by atoms with van der Waals surface area (Å²) in [5.74, 6) is 2.34. The van der Waals surface area contributed by atoms with Crippen LogP contribution in [0, 0.1) is 23.7 Å². The molecule has 1 N–H and O–H groups in total. The summed E-state index contributed by atoms with van der Waals surface area (Å²) in [4.78, 5) is 11.5. The Hall–Kier alpha value is -1.09. The Morgan fingerprint density at radius 2 is 2.09 bits per heavy atom. The number of cyclic esters (lactones) is 1. The molecule has 1 heterocycles. The van der Waals surface area contributed by atoms with E-state index in [2.05, 4.69) is 32.1 Å². The fraction of sp³-hybridized carbons (Fsp3) is 0.737. The molecule has 4 unspecified atom stereocenters. The van der Waals surface area contributed by atoms with Gasteiger partial charge in [-0.05, 0) is 54.9 Å². The van der Waals surface area contributed by atoms with Crippen LogP contribution >= 0.6 is 0 Å². The van der Waals surface area contributed by atoms with Crippen LogP contribution in [0.15, 0.2) is 23.8 Å². The van der Waals surface area contributed by atoms with Crippen LogP contribution in [0.3, 0.4) is 0 Å². The molecule has 3 heteroatoms.